The van der Waals surface area contributed by atoms with Crippen molar-refractivity contribution in [2.24, 2.45) is 0 Å². The highest BCUT2D eigenvalue weighted by Crippen LogP contribution is 2.37. The number of hydrogen-bond acceptors (Lipinski definition) is 2. The van der Waals surface area contributed by atoms with Crippen molar-refractivity contribution < 1.29 is 44.6 Å². The molecule has 244 valence electrons. The van der Waals surface area contributed by atoms with Crippen LogP contribution in [0.5, 0.6) is 11.5 Å². The fourth-order valence-corrected chi connectivity index (χ4v) is 5.12. The van der Waals surface area contributed by atoms with Crippen molar-refractivity contribution >= 4 is 0 Å². The number of alkyl halides is 5. The lowest BCUT2D eigenvalue weighted by Crippen LogP contribution is -2.22. The van der Waals surface area contributed by atoms with Crippen LogP contribution in [0.2, 0.25) is 0 Å². The summed E-state index contributed by atoms with van der Waals surface area (Å²) in [6.45, 7) is 2.15. The highest BCUT2D eigenvalue weighted by atomic mass is 19.4. The van der Waals surface area contributed by atoms with E-state index in [2.05, 4.69) is 11.7 Å². The molecule has 0 fully saturated rings. The molecule has 0 aromatic heterocycles. The Kier molecular flexibility index (Phi) is 9.88. The summed E-state index contributed by atoms with van der Waals surface area (Å²) in [5.41, 5.74) is 1.33. The predicted molar refractivity (Wildman–Crippen MR) is 163 cm³/mol. The van der Waals surface area contributed by atoms with E-state index in [1.54, 1.807) is 12.1 Å². The first-order valence-electron chi connectivity index (χ1n) is 14.7. The molecule has 0 spiro atoms. The normalized spacial score (nSPS) is 11.9. The van der Waals surface area contributed by atoms with Crippen LogP contribution >= 0.6 is 0 Å². The topological polar surface area (TPSA) is 18.5 Å². The molecule has 10 heteroatoms. The van der Waals surface area contributed by atoms with Crippen LogP contribution in [0.1, 0.15) is 37.3 Å². The maximum absolute atomic E-state index is 15.1. The predicted octanol–water partition coefficient (Wildman–Crippen LogP) is 11.9. The number of benzene rings is 5. The lowest BCUT2D eigenvalue weighted by Gasteiger charge is -2.20. The summed E-state index contributed by atoms with van der Waals surface area (Å²) in [6.07, 6.45) is -4.75. The van der Waals surface area contributed by atoms with Crippen molar-refractivity contribution in [2.75, 3.05) is 0 Å². The molecule has 0 heterocycles. The Morgan fingerprint density at radius 3 is 1.62 bits per heavy atom. The molecule has 0 amide bonds. The van der Waals surface area contributed by atoms with Gasteiger partial charge in [0.05, 0.1) is 11.1 Å². The van der Waals surface area contributed by atoms with E-state index in [0.717, 1.165) is 55.5 Å². The minimum atomic E-state index is -4.96. The van der Waals surface area contributed by atoms with Crippen molar-refractivity contribution in [3.8, 4) is 44.9 Å². The zero-order chi connectivity index (χ0) is 33.8. The maximum atomic E-state index is 15.1. The molecule has 2 nitrogen and oxygen atoms in total. The van der Waals surface area contributed by atoms with Crippen LogP contribution in [0.15, 0.2) is 103 Å². The van der Waals surface area contributed by atoms with Crippen LogP contribution in [0.4, 0.5) is 35.1 Å². The minimum Gasteiger partial charge on any atom is -0.429 e. The summed E-state index contributed by atoms with van der Waals surface area (Å²) in [5.74, 6) is -4.25. The Morgan fingerprint density at radius 1 is 0.532 bits per heavy atom. The number of rotatable bonds is 11. The molecule has 5 rings (SSSR count). The van der Waals surface area contributed by atoms with Crippen molar-refractivity contribution in [3.05, 3.63) is 132 Å². The smallest absolute Gasteiger partial charge is 0.429 e. The van der Waals surface area contributed by atoms with Crippen LogP contribution in [0.25, 0.3) is 33.4 Å². The Bertz CT molecular complexity index is 1790. The fourth-order valence-electron chi connectivity index (χ4n) is 5.12. The molecule has 0 aliphatic carbocycles. The third kappa shape index (κ3) is 8.30. The zero-order valence-electron chi connectivity index (χ0n) is 25.0. The largest absolute Gasteiger partial charge is 0.573 e. The Hall–Kier alpha value is -4.86. The Labute approximate surface area is 266 Å². The van der Waals surface area contributed by atoms with Gasteiger partial charge in [0.25, 0.3) is 0 Å². The van der Waals surface area contributed by atoms with E-state index in [0.29, 0.717) is 23.3 Å². The van der Waals surface area contributed by atoms with Gasteiger partial charge in [0.2, 0.25) is 0 Å². The van der Waals surface area contributed by atoms with Gasteiger partial charge in [-0.3, -0.25) is 0 Å². The average molecular weight is 657 g/mol. The second-order valence-electron chi connectivity index (χ2n) is 10.9. The lowest BCUT2D eigenvalue weighted by molar-refractivity contribution is -0.274. The fraction of sp³-hybridized carbons (Fsp3) is 0.189. The molecule has 0 aliphatic rings. The second-order valence-corrected chi connectivity index (χ2v) is 10.9. The number of halogens is 8. The van der Waals surface area contributed by atoms with Crippen LogP contribution in [-0.4, -0.2) is 6.36 Å². The third-order valence-electron chi connectivity index (χ3n) is 7.49. The molecule has 0 atom stereocenters. The monoisotopic (exact) mass is 656 g/mol. The van der Waals surface area contributed by atoms with E-state index in [4.69, 9.17) is 4.74 Å². The van der Waals surface area contributed by atoms with Crippen molar-refractivity contribution in [3.63, 3.8) is 0 Å². The van der Waals surface area contributed by atoms with Crippen LogP contribution in [0.3, 0.4) is 0 Å². The molecule has 5 aromatic rings. The van der Waals surface area contributed by atoms with Gasteiger partial charge in [-0.15, -0.1) is 13.2 Å². The number of unbranched alkanes of at least 4 members (excludes halogenated alkanes) is 2. The van der Waals surface area contributed by atoms with Gasteiger partial charge in [0.15, 0.2) is 0 Å². The molecular formula is C37H28F8O2. The molecule has 0 saturated heterocycles. The van der Waals surface area contributed by atoms with Crippen molar-refractivity contribution in [2.45, 2.75) is 45.1 Å². The lowest BCUT2D eigenvalue weighted by atomic mass is 9.98. The molecule has 0 bridgehead atoms. The Morgan fingerprint density at radius 2 is 1.06 bits per heavy atom. The van der Waals surface area contributed by atoms with Gasteiger partial charge < -0.3 is 9.47 Å². The number of aryl methyl sites for hydroxylation is 1. The summed E-state index contributed by atoms with van der Waals surface area (Å²) in [6, 6.07) is 22.2. The van der Waals surface area contributed by atoms with Crippen LogP contribution in [0, 0.1) is 17.5 Å². The van der Waals surface area contributed by atoms with Gasteiger partial charge in [0, 0.05) is 5.56 Å². The quantitative estimate of drug-likeness (QED) is 0.104. The first-order chi connectivity index (χ1) is 22.3. The molecule has 0 aliphatic heterocycles. The van der Waals surface area contributed by atoms with E-state index in [1.807, 2.05) is 24.3 Å². The molecule has 0 radical (unpaired) electrons. The summed E-state index contributed by atoms with van der Waals surface area (Å²) in [5, 5.41) is 0. The first-order valence-corrected chi connectivity index (χ1v) is 14.7. The van der Waals surface area contributed by atoms with Gasteiger partial charge in [-0.25, -0.2) is 13.2 Å². The third-order valence-corrected chi connectivity index (χ3v) is 7.49. The molecule has 47 heavy (non-hydrogen) atoms. The molecule has 0 N–H and O–H groups in total. The summed E-state index contributed by atoms with van der Waals surface area (Å²) < 4.78 is 121. The van der Waals surface area contributed by atoms with Gasteiger partial charge >= 0.3 is 12.5 Å². The first kappa shape index (κ1) is 33.5. The van der Waals surface area contributed by atoms with E-state index in [-0.39, 0.29) is 16.9 Å². The molecule has 0 saturated carbocycles. The van der Waals surface area contributed by atoms with Crippen molar-refractivity contribution in [1.29, 1.82) is 0 Å². The maximum Gasteiger partial charge on any atom is 0.573 e. The average Bonchev–Trinajstić information content (AvgIpc) is 3.01. The minimum absolute atomic E-state index is 0.197. The highest BCUT2D eigenvalue weighted by molar-refractivity contribution is 5.71. The van der Waals surface area contributed by atoms with Crippen LogP contribution < -0.4 is 9.47 Å². The number of ether oxygens (including phenoxy) is 2. The Balaban J connectivity index is 1.28. The summed E-state index contributed by atoms with van der Waals surface area (Å²) in [4.78, 5) is 0. The van der Waals surface area contributed by atoms with E-state index >= 15 is 13.2 Å². The molecule has 5 aromatic carbocycles. The summed E-state index contributed by atoms with van der Waals surface area (Å²) in [7, 11) is 0. The van der Waals surface area contributed by atoms with Crippen LogP contribution in [-0.2, 0) is 12.5 Å². The van der Waals surface area contributed by atoms with E-state index < -0.39 is 46.8 Å². The number of hydrogen-bond donors (Lipinski definition) is 0. The zero-order valence-corrected chi connectivity index (χ0v) is 25.0. The van der Waals surface area contributed by atoms with Gasteiger partial charge in [-0.1, -0.05) is 80.4 Å². The summed E-state index contributed by atoms with van der Waals surface area (Å²) >= 11 is 0. The molecular weight excluding hydrogens is 628 g/mol. The van der Waals surface area contributed by atoms with Gasteiger partial charge in [-0.2, -0.15) is 8.78 Å². The standard InChI is InChI=1S/C37H28F8O2/c1-2-3-4-5-23-6-8-24(9-7-23)27-14-19-31(32(38)20-27)25-10-15-29(16-11-25)46-36(41,42)28-21-33(39)35(34(40)22-28)26-12-17-30(18-13-26)47-37(43,44)45/h6-22H,2-5H2,1H3. The highest BCUT2D eigenvalue weighted by Gasteiger charge is 2.37. The second kappa shape index (κ2) is 13.9. The van der Waals surface area contributed by atoms with E-state index in [1.165, 1.54) is 35.9 Å². The molecule has 0 unspecified atom stereocenters. The van der Waals surface area contributed by atoms with Crippen molar-refractivity contribution in [1.82, 2.24) is 0 Å². The van der Waals surface area contributed by atoms with E-state index in [9.17, 15) is 22.0 Å². The van der Waals surface area contributed by atoms with Gasteiger partial charge in [-0.05, 0) is 83.1 Å². The van der Waals surface area contributed by atoms with Gasteiger partial charge in [0.1, 0.15) is 29.0 Å². The SMILES string of the molecule is CCCCCc1ccc(-c2ccc(-c3ccc(OC(F)(F)c4cc(F)c(-c5ccc(OC(F)(F)F)cc5)c(F)c4)cc3)c(F)c2)cc1.